The molecule has 4 rings (SSSR count). The first-order valence-corrected chi connectivity index (χ1v) is 8.64. The molecule has 2 heterocycles. The maximum absolute atomic E-state index is 13.5. The van der Waals surface area contributed by atoms with E-state index in [9.17, 15) is 4.39 Å². The van der Waals surface area contributed by atoms with E-state index in [4.69, 9.17) is 9.47 Å². The molecule has 1 fully saturated rings. The SMILES string of the molecule is Fc1cccc(C2CCCN(C[C@H]3COc4ccccc4O3)C2)c1. The quantitative estimate of drug-likeness (QED) is 0.855. The van der Waals surface area contributed by atoms with E-state index in [1.165, 1.54) is 6.07 Å². The molecule has 0 bridgehead atoms. The van der Waals surface area contributed by atoms with Crippen LogP contribution in [0.1, 0.15) is 24.3 Å². The lowest BCUT2D eigenvalue weighted by Gasteiger charge is -2.36. The zero-order valence-electron chi connectivity index (χ0n) is 13.7. The minimum atomic E-state index is -0.148. The number of hydrogen-bond acceptors (Lipinski definition) is 3. The van der Waals surface area contributed by atoms with Crippen LogP contribution in [0.5, 0.6) is 11.5 Å². The smallest absolute Gasteiger partial charge is 0.161 e. The van der Waals surface area contributed by atoms with Gasteiger partial charge in [-0.1, -0.05) is 24.3 Å². The summed E-state index contributed by atoms with van der Waals surface area (Å²) >= 11 is 0. The number of hydrogen-bond donors (Lipinski definition) is 0. The molecule has 4 heteroatoms. The molecule has 0 aromatic heterocycles. The van der Waals surface area contributed by atoms with Gasteiger partial charge in [0.1, 0.15) is 18.5 Å². The highest BCUT2D eigenvalue weighted by molar-refractivity contribution is 5.40. The average molecular weight is 327 g/mol. The van der Waals surface area contributed by atoms with Crippen LogP contribution in [0, 0.1) is 5.82 Å². The van der Waals surface area contributed by atoms with Crippen LogP contribution in [0.4, 0.5) is 4.39 Å². The Morgan fingerprint density at radius 3 is 2.83 bits per heavy atom. The van der Waals surface area contributed by atoms with Crippen LogP contribution in [-0.2, 0) is 0 Å². The number of fused-ring (bicyclic) bond motifs is 1. The molecule has 24 heavy (non-hydrogen) atoms. The Morgan fingerprint density at radius 2 is 1.96 bits per heavy atom. The first kappa shape index (κ1) is 15.5. The molecule has 2 aliphatic heterocycles. The number of benzene rings is 2. The summed E-state index contributed by atoms with van der Waals surface area (Å²) in [6.45, 7) is 3.44. The van der Waals surface area contributed by atoms with Crippen molar-refractivity contribution in [1.82, 2.24) is 4.90 Å². The van der Waals surface area contributed by atoms with E-state index in [1.54, 1.807) is 12.1 Å². The second-order valence-corrected chi connectivity index (χ2v) is 6.65. The third-order valence-electron chi connectivity index (χ3n) is 4.85. The van der Waals surface area contributed by atoms with Crippen molar-refractivity contribution in [2.45, 2.75) is 24.9 Å². The summed E-state index contributed by atoms with van der Waals surface area (Å²) in [7, 11) is 0. The van der Waals surface area contributed by atoms with Gasteiger partial charge in [-0.25, -0.2) is 4.39 Å². The van der Waals surface area contributed by atoms with E-state index in [-0.39, 0.29) is 11.9 Å². The van der Waals surface area contributed by atoms with Crippen LogP contribution in [-0.4, -0.2) is 37.2 Å². The topological polar surface area (TPSA) is 21.7 Å². The number of rotatable bonds is 3. The minimum Gasteiger partial charge on any atom is -0.486 e. The van der Waals surface area contributed by atoms with E-state index >= 15 is 0 Å². The Balaban J connectivity index is 1.39. The van der Waals surface area contributed by atoms with Crippen LogP contribution >= 0.6 is 0 Å². The molecule has 2 aliphatic rings. The lowest BCUT2D eigenvalue weighted by Crippen LogP contribution is -2.44. The predicted octanol–water partition coefficient (Wildman–Crippen LogP) is 3.85. The standard InChI is InChI=1S/C20H22FNO2/c21-17-7-3-5-15(11-17)16-6-4-10-22(12-16)13-18-14-23-19-8-1-2-9-20(19)24-18/h1-3,5,7-9,11,16,18H,4,6,10,12-14H2/t16?,18-/m0/s1. The molecule has 1 saturated heterocycles. The third-order valence-corrected chi connectivity index (χ3v) is 4.85. The zero-order chi connectivity index (χ0) is 16.4. The second-order valence-electron chi connectivity index (χ2n) is 6.65. The van der Waals surface area contributed by atoms with Gasteiger partial charge in [0.15, 0.2) is 11.5 Å². The Labute approximate surface area is 142 Å². The normalized spacial score (nSPS) is 23.9. The fraction of sp³-hybridized carbons (Fsp3) is 0.400. The van der Waals surface area contributed by atoms with Gasteiger partial charge in [-0.3, -0.25) is 4.90 Å². The molecule has 126 valence electrons. The van der Waals surface area contributed by atoms with Gasteiger partial charge in [-0.15, -0.1) is 0 Å². The highest BCUT2D eigenvalue weighted by Crippen LogP contribution is 2.32. The molecule has 0 spiro atoms. The van der Waals surface area contributed by atoms with Crippen molar-refractivity contribution in [2.24, 2.45) is 0 Å². The van der Waals surface area contributed by atoms with E-state index in [0.717, 1.165) is 49.5 Å². The number of halogens is 1. The van der Waals surface area contributed by atoms with E-state index in [2.05, 4.69) is 4.90 Å². The van der Waals surface area contributed by atoms with Crippen molar-refractivity contribution in [3.8, 4) is 11.5 Å². The molecule has 3 nitrogen and oxygen atoms in total. The third kappa shape index (κ3) is 3.39. The molecule has 1 unspecified atom stereocenters. The molecule has 0 aliphatic carbocycles. The van der Waals surface area contributed by atoms with Crippen LogP contribution in [0.15, 0.2) is 48.5 Å². The maximum atomic E-state index is 13.5. The van der Waals surface area contributed by atoms with Crippen LogP contribution in [0.25, 0.3) is 0 Å². The van der Waals surface area contributed by atoms with Crippen LogP contribution in [0.3, 0.4) is 0 Å². The first-order valence-electron chi connectivity index (χ1n) is 8.64. The number of para-hydroxylation sites is 2. The molecule has 0 radical (unpaired) electrons. The fourth-order valence-corrected chi connectivity index (χ4v) is 3.69. The van der Waals surface area contributed by atoms with Crippen LogP contribution < -0.4 is 9.47 Å². The first-order chi connectivity index (χ1) is 11.8. The van der Waals surface area contributed by atoms with Gasteiger partial charge in [0, 0.05) is 13.1 Å². The number of ether oxygens (including phenoxy) is 2. The monoisotopic (exact) mass is 327 g/mol. The number of nitrogens with zero attached hydrogens (tertiary/aromatic N) is 1. The lowest BCUT2D eigenvalue weighted by atomic mass is 9.90. The Kier molecular flexibility index (Phi) is 4.39. The average Bonchev–Trinajstić information content (AvgIpc) is 2.62. The highest BCUT2D eigenvalue weighted by Gasteiger charge is 2.27. The van der Waals surface area contributed by atoms with E-state index < -0.39 is 0 Å². The molecule has 2 aromatic carbocycles. The summed E-state index contributed by atoms with van der Waals surface area (Å²) < 4.78 is 25.4. The van der Waals surface area contributed by atoms with Crippen molar-refractivity contribution in [2.75, 3.05) is 26.2 Å². The highest BCUT2D eigenvalue weighted by atomic mass is 19.1. The second kappa shape index (κ2) is 6.81. The van der Waals surface area contributed by atoms with Gasteiger partial charge in [0.2, 0.25) is 0 Å². The van der Waals surface area contributed by atoms with E-state index in [0.29, 0.717) is 12.5 Å². The Morgan fingerprint density at radius 1 is 1.08 bits per heavy atom. The van der Waals surface area contributed by atoms with Gasteiger partial charge in [0.25, 0.3) is 0 Å². The Hall–Kier alpha value is -2.07. The van der Waals surface area contributed by atoms with Gasteiger partial charge >= 0.3 is 0 Å². The molecular weight excluding hydrogens is 305 g/mol. The van der Waals surface area contributed by atoms with Gasteiger partial charge < -0.3 is 9.47 Å². The molecule has 0 amide bonds. The molecule has 0 saturated carbocycles. The molecule has 0 N–H and O–H groups in total. The zero-order valence-corrected chi connectivity index (χ0v) is 13.7. The summed E-state index contributed by atoms with van der Waals surface area (Å²) in [6, 6.07) is 14.8. The van der Waals surface area contributed by atoms with E-state index in [1.807, 2.05) is 30.3 Å². The molecular formula is C20H22FNO2. The largest absolute Gasteiger partial charge is 0.486 e. The van der Waals surface area contributed by atoms with Crippen molar-refractivity contribution in [3.63, 3.8) is 0 Å². The lowest BCUT2D eigenvalue weighted by molar-refractivity contribution is 0.0504. The van der Waals surface area contributed by atoms with Crippen LogP contribution in [0.2, 0.25) is 0 Å². The number of likely N-dealkylation sites (tertiary alicyclic amines) is 1. The van der Waals surface area contributed by atoms with Crippen molar-refractivity contribution >= 4 is 0 Å². The summed E-state index contributed by atoms with van der Waals surface area (Å²) in [5, 5.41) is 0. The summed E-state index contributed by atoms with van der Waals surface area (Å²) in [5.41, 5.74) is 1.10. The van der Waals surface area contributed by atoms with Gasteiger partial charge in [0.05, 0.1) is 0 Å². The van der Waals surface area contributed by atoms with Gasteiger partial charge in [-0.2, -0.15) is 0 Å². The van der Waals surface area contributed by atoms with Crippen molar-refractivity contribution in [1.29, 1.82) is 0 Å². The summed E-state index contributed by atoms with van der Waals surface area (Å²) in [4.78, 5) is 2.42. The molecule has 2 atom stereocenters. The minimum absolute atomic E-state index is 0.0474. The van der Waals surface area contributed by atoms with Crippen molar-refractivity contribution < 1.29 is 13.9 Å². The predicted molar refractivity (Wildman–Crippen MR) is 91.2 cm³/mol. The molecule has 2 aromatic rings. The fourth-order valence-electron chi connectivity index (χ4n) is 3.69. The summed E-state index contributed by atoms with van der Waals surface area (Å²) in [6.07, 6.45) is 2.29. The van der Waals surface area contributed by atoms with Crippen molar-refractivity contribution in [3.05, 3.63) is 59.9 Å². The maximum Gasteiger partial charge on any atom is 0.161 e. The number of piperidine rings is 1. The Bertz CT molecular complexity index is 706. The van der Waals surface area contributed by atoms with Gasteiger partial charge in [-0.05, 0) is 55.1 Å². The summed E-state index contributed by atoms with van der Waals surface area (Å²) in [5.74, 6) is 1.90.